The summed E-state index contributed by atoms with van der Waals surface area (Å²) >= 11 is 0. The zero-order valence-electron chi connectivity index (χ0n) is 13.1. The highest BCUT2D eigenvalue weighted by atomic mass is 14.2. The van der Waals surface area contributed by atoms with Gasteiger partial charge in [0.05, 0.1) is 0 Å². The molecule has 0 saturated carbocycles. The van der Waals surface area contributed by atoms with Crippen LogP contribution in [-0.2, 0) is 12.8 Å². The van der Waals surface area contributed by atoms with E-state index in [1.165, 1.54) is 53.1 Å². The lowest BCUT2D eigenvalue weighted by Gasteiger charge is -2.20. The van der Waals surface area contributed by atoms with Crippen molar-refractivity contribution in [1.82, 2.24) is 0 Å². The van der Waals surface area contributed by atoms with Crippen molar-refractivity contribution in [3.05, 3.63) is 46.0 Å². The molecule has 0 aliphatic rings. The third kappa shape index (κ3) is 2.41. The summed E-state index contributed by atoms with van der Waals surface area (Å²) in [4.78, 5) is 0. The fraction of sp³-hybridized carbons (Fsp3) is 0.474. The van der Waals surface area contributed by atoms with Crippen molar-refractivity contribution in [2.75, 3.05) is 0 Å². The van der Waals surface area contributed by atoms with Gasteiger partial charge in [0, 0.05) is 0 Å². The van der Waals surface area contributed by atoms with Gasteiger partial charge in [0.25, 0.3) is 0 Å². The van der Waals surface area contributed by atoms with Gasteiger partial charge < -0.3 is 0 Å². The molecule has 0 spiro atoms. The first-order valence-corrected chi connectivity index (χ1v) is 7.62. The highest BCUT2D eigenvalue weighted by molar-refractivity contribution is 5.93. The Morgan fingerprint density at radius 1 is 0.789 bits per heavy atom. The van der Waals surface area contributed by atoms with E-state index in [1.54, 1.807) is 11.1 Å². The first kappa shape index (κ1) is 14.1. The van der Waals surface area contributed by atoms with E-state index >= 15 is 0 Å². The minimum atomic E-state index is 1.20. The summed E-state index contributed by atoms with van der Waals surface area (Å²) in [5, 5.41) is 2.98. The number of rotatable bonds is 4. The van der Waals surface area contributed by atoms with Gasteiger partial charge in [-0.25, -0.2) is 0 Å². The largest absolute Gasteiger partial charge is 0.0651 e. The molecule has 0 saturated heterocycles. The molecule has 0 radical (unpaired) electrons. The molecule has 0 N–H and O–H groups in total. The zero-order chi connectivity index (χ0) is 14.0. The Morgan fingerprint density at radius 2 is 1.42 bits per heavy atom. The minimum Gasteiger partial charge on any atom is -0.0651 e. The van der Waals surface area contributed by atoms with Crippen molar-refractivity contribution in [2.45, 2.75) is 60.3 Å². The molecule has 0 nitrogen and oxygen atoms in total. The Kier molecular flexibility index (Phi) is 4.29. The molecule has 0 fully saturated rings. The summed E-state index contributed by atoms with van der Waals surface area (Å²) in [6.07, 6.45) is 4.87. The van der Waals surface area contributed by atoms with Crippen LogP contribution in [0.2, 0.25) is 0 Å². The van der Waals surface area contributed by atoms with E-state index in [4.69, 9.17) is 0 Å². The molecule has 2 aromatic carbocycles. The molecule has 0 heteroatoms. The normalized spacial score (nSPS) is 11.2. The Hall–Kier alpha value is -1.30. The minimum absolute atomic E-state index is 1.20. The van der Waals surface area contributed by atoms with Crippen molar-refractivity contribution in [3.8, 4) is 0 Å². The van der Waals surface area contributed by atoms with Crippen molar-refractivity contribution in [3.63, 3.8) is 0 Å². The predicted octanol–water partition coefficient (Wildman–Crippen LogP) is 5.67. The van der Waals surface area contributed by atoms with E-state index in [9.17, 15) is 0 Å². The van der Waals surface area contributed by atoms with Crippen LogP contribution in [0.4, 0.5) is 0 Å². The molecule has 2 rings (SSSR count). The molecule has 0 unspecified atom stereocenters. The van der Waals surface area contributed by atoms with Crippen LogP contribution in [0, 0.1) is 20.8 Å². The molecule has 0 amide bonds. The topological polar surface area (TPSA) is 0 Å². The molecule has 0 heterocycles. The average molecular weight is 254 g/mol. The van der Waals surface area contributed by atoms with E-state index in [0.717, 1.165) is 0 Å². The molecule has 0 bridgehead atoms. The van der Waals surface area contributed by atoms with Gasteiger partial charge in [0.2, 0.25) is 0 Å². The van der Waals surface area contributed by atoms with E-state index in [2.05, 4.69) is 52.8 Å². The summed E-state index contributed by atoms with van der Waals surface area (Å²) in [7, 11) is 0. The summed E-state index contributed by atoms with van der Waals surface area (Å²) in [6.45, 7) is 11.4. The average Bonchev–Trinajstić information content (AvgIpc) is 2.40. The van der Waals surface area contributed by atoms with Crippen LogP contribution in [0.1, 0.15) is 54.5 Å². The van der Waals surface area contributed by atoms with Crippen molar-refractivity contribution < 1.29 is 0 Å². The van der Waals surface area contributed by atoms with E-state index in [0.29, 0.717) is 0 Å². The van der Waals surface area contributed by atoms with Gasteiger partial charge >= 0.3 is 0 Å². The number of fused-ring (bicyclic) bond motifs is 1. The maximum Gasteiger partial charge on any atom is -0.0120 e. The zero-order valence-corrected chi connectivity index (χ0v) is 13.1. The summed E-state index contributed by atoms with van der Waals surface area (Å²) in [6, 6.07) is 6.77. The third-order valence-corrected chi connectivity index (χ3v) is 4.35. The summed E-state index contributed by atoms with van der Waals surface area (Å²) in [5.41, 5.74) is 7.63. The maximum atomic E-state index is 2.32. The summed E-state index contributed by atoms with van der Waals surface area (Å²) < 4.78 is 0. The summed E-state index contributed by atoms with van der Waals surface area (Å²) in [5.74, 6) is 0. The van der Waals surface area contributed by atoms with Gasteiger partial charge in [-0.15, -0.1) is 0 Å². The lowest BCUT2D eigenvalue weighted by atomic mass is 9.85. The predicted molar refractivity (Wildman–Crippen MR) is 86.1 cm³/mol. The van der Waals surface area contributed by atoms with E-state index < -0.39 is 0 Å². The van der Waals surface area contributed by atoms with Crippen molar-refractivity contribution in [2.24, 2.45) is 0 Å². The fourth-order valence-electron chi connectivity index (χ4n) is 3.34. The SMILES string of the molecule is CCCc1c(C)c(C)c2c(C)cccc2c1CCC. The van der Waals surface area contributed by atoms with E-state index in [-0.39, 0.29) is 0 Å². The smallest absolute Gasteiger partial charge is 0.0120 e. The van der Waals surface area contributed by atoms with Crippen LogP contribution < -0.4 is 0 Å². The van der Waals surface area contributed by atoms with Crippen LogP contribution >= 0.6 is 0 Å². The molecular weight excluding hydrogens is 228 g/mol. The second kappa shape index (κ2) is 5.77. The number of benzene rings is 2. The van der Waals surface area contributed by atoms with Crippen LogP contribution in [0.25, 0.3) is 10.8 Å². The van der Waals surface area contributed by atoms with Gasteiger partial charge in [-0.2, -0.15) is 0 Å². The van der Waals surface area contributed by atoms with Crippen LogP contribution in [0.15, 0.2) is 18.2 Å². The fourth-order valence-corrected chi connectivity index (χ4v) is 3.34. The lowest BCUT2D eigenvalue weighted by Crippen LogP contribution is -2.02. The molecule has 102 valence electrons. The lowest BCUT2D eigenvalue weighted by molar-refractivity contribution is 0.859. The van der Waals surface area contributed by atoms with E-state index in [1.807, 2.05) is 0 Å². The van der Waals surface area contributed by atoms with Crippen LogP contribution in [-0.4, -0.2) is 0 Å². The highest BCUT2D eigenvalue weighted by Gasteiger charge is 2.14. The molecule has 0 atom stereocenters. The molecule has 0 aromatic heterocycles. The second-order valence-electron chi connectivity index (χ2n) is 5.70. The Morgan fingerprint density at radius 3 is 2.05 bits per heavy atom. The van der Waals surface area contributed by atoms with Gasteiger partial charge in [-0.05, 0) is 72.2 Å². The molecular formula is C19H26. The first-order chi connectivity index (χ1) is 9.11. The Bertz CT molecular complexity index is 591. The quantitative estimate of drug-likeness (QED) is 0.659. The number of hydrogen-bond acceptors (Lipinski definition) is 0. The molecule has 19 heavy (non-hydrogen) atoms. The second-order valence-corrected chi connectivity index (χ2v) is 5.70. The number of hydrogen-bond donors (Lipinski definition) is 0. The molecule has 0 aliphatic heterocycles. The van der Waals surface area contributed by atoms with Crippen LogP contribution in [0.3, 0.4) is 0 Å². The van der Waals surface area contributed by atoms with Crippen molar-refractivity contribution >= 4 is 10.8 Å². The Labute approximate surface area is 117 Å². The third-order valence-electron chi connectivity index (χ3n) is 4.35. The first-order valence-electron chi connectivity index (χ1n) is 7.62. The molecule has 0 aliphatic carbocycles. The molecule has 2 aromatic rings. The Balaban J connectivity index is 2.87. The maximum absolute atomic E-state index is 2.32. The standard InChI is InChI=1S/C19H26/c1-6-9-16-14(4)15(5)19-13(3)11-8-12-18(19)17(16)10-7-2/h8,11-12H,6-7,9-10H2,1-5H3. The van der Waals surface area contributed by atoms with Crippen molar-refractivity contribution in [1.29, 1.82) is 0 Å². The van der Waals surface area contributed by atoms with Crippen LogP contribution in [0.5, 0.6) is 0 Å². The van der Waals surface area contributed by atoms with Gasteiger partial charge in [0.15, 0.2) is 0 Å². The highest BCUT2D eigenvalue weighted by Crippen LogP contribution is 2.33. The monoisotopic (exact) mass is 254 g/mol. The van der Waals surface area contributed by atoms with Gasteiger partial charge in [-0.1, -0.05) is 44.9 Å². The number of aryl methyl sites for hydroxylation is 3. The van der Waals surface area contributed by atoms with Gasteiger partial charge in [-0.3, -0.25) is 0 Å². The van der Waals surface area contributed by atoms with Gasteiger partial charge in [0.1, 0.15) is 0 Å².